The minimum Gasteiger partial charge on any atom is -0.468 e. The summed E-state index contributed by atoms with van der Waals surface area (Å²) in [5, 5.41) is 3.04. The van der Waals surface area contributed by atoms with Crippen LogP contribution in [0.15, 0.2) is 52.0 Å². The number of hydrogen-bond donors (Lipinski definition) is 1. The molecule has 4 rings (SSSR count). The fourth-order valence-electron chi connectivity index (χ4n) is 4.44. The second-order valence-corrected chi connectivity index (χ2v) is 10.0. The third-order valence-electron chi connectivity index (χ3n) is 6.20. The molecule has 9 heteroatoms. The number of nitrogens with zero attached hydrogens (tertiary/aromatic N) is 2. The van der Waals surface area contributed by atoms with E-state index in [1.54, 1.807) is 6.26 Å². The standard InChI is InChI=1S/C22H28FN3O4S/c23-18-6-1-2-8-21(18)31(28,29)26-13-9-17(10-14-26)22(27)24-16-19(20-7-5-15-30-20)25-11-3-4-12-25/h1-2,5-8,15,17,19H,3-4,9-14,16H2,(H,24,27). The van der Waals surface area contributed by atoms with Crippen molar-refractivity contribution in [1.29, 1.82) is 0 Å². The number of nitrogens with one attached hydrogen (secondary N) is 1. The number of sulfonamides is 1. The Kier molecular flexibility index (Phi) is 6.74. The Morgan fingerprint density at radius 3 is 2.45 bits per heavy atom. The molecule has 168 valence electrons. The van der Waals surface area contributed by atoms with Crippen molar-refractivity contribution in [3.05, 3.63) is 54.2 Å². The number of carbonyl (C=O) groups is 1. The molecule has 31 heavy (non-hydrogen) atoms. The van der Waals surface area contributed by atoms with Crippen molar-refractivity contribution in [1.82, 2.24) is 14.5 Å². The molecule has 7 nitrogen and oxygen atoms in total. The van der Waals surface area contributed by atoms with Crippen LogP contribution in [0.1, 0.15) is 37.5 Å². The lowest BCUT2D eigenvalue weighted by Crippen LogP contribution is -2.44. The van der Waals surface area contributed by atoms with Gasteiger partial charge in [0.05, 0.1) is 12.3 Å². The van der Waals surface area contributed by atoms with Gasteiger partial charge in [-0.2, -0.15) is 4.31 Å². The number of halogens is 1. The molecule has 1 aromatic carbocycles. The summed E-state index contributed by atoms with van der Waals surface area (Å²) in [6, 6.07) is 9.17. The molecule has 2 aliphatic rings. The highest BCUT2D eigenvalue weighted by Gasteiger charge is 2.34. The maximum absolute atomic E-state index is 14.0. The van der Waals surface area contributed by atoms with Crippen LogP contribution in [0.25, 0.3) is 0 Å². The van der Waals surface area contributed by atoms with Crippen molar-refractivity contribution in [2.75, 3.05) is 32.7 Å². The minimum absolute atomic E-state index is 0.00275. The highest BCUT2D eigenvalue weighted by Crippen LogP contribution is 2.27. The highest BCUT2D eigenvalue weighted by molar-refractivity contribution is 7.89. The quantitative estimate of drug-likeness (QED) is 0.703. The van der Waals surface area contributed by atoms with Crippen LogP contribution in [-0.2, 0) is 14.8 Å². The van der Waals surface area contributed by atoms with Gasteiger partial charge in [0.15, 0.2) is 0 Å². The maximum atomic E-state index is 14.0. The van der Waals surface area contributed by atoms with E-state index < -0.39 is 15.8 Å². The number of carbonyl (C=O) groups excluding carboxylic acids is 1. The average molecular weight is 450 g/mol. The fourth-order valence-corrected chi connectivity index (χ4v) is 5.97. The first-order chi connectivity index (χ1) is 15.0. The smallest absolute Gasteiger partial charge is 0.245 e. The van der Waals surface area contributed by atoms with Crippen LogP contribution in [0, 0.1) is 11.7 Å². The molecule has 0 saturated carbocycles. The Morgan fingerprint density at radius 2 is 1.81 bits per heavy atom. The van der Waals surface area contributed by atoms with E-state index in [1.165, 1.54) is 22.5 Å². The van der Waals surface area contributed by atoms with Gasteiger partial charge in [-0.05, 0) is 63.0 Å². The largest absolute Gasteiger partial charge is 0.468 e. The molecule has 2 fully saturated rings. The first-order valence-corrected chi connectivity index (χ1v) is 12.2. The van der Waals surface area contributed by atoms with E-state index in [-0.39, 0.29) is 35.9 Å². The number of furan rings is 1. The third kappa shape index (κ3) is 4.83. The summed E-state index contributed by atoms with van der Waals surface area (Å²) in [5.41, 5.74) is 0. The van der Waals surface area contributed by atoms with Crippen LogP contribution in [0.5, 0.6) is 0 Å². The number of hydrogen-bond acceptors (Lipinski definition) is 5. The van der Waals surface area contributed by atoms with Gasteiger partial charge in [0, 0.05) is 25.6 Å². The number of benzene rings is 1. The Bertz CT molecular complexity index is 982. The molecule has 1 unspecified atom stereocenters. The van der Waals surface area contributed by atoms with Gasteiger partial charge in [-0.3, -0.25) is 9.69 Å². The van der Waals surface area contributed by atoms with E-state index in [0.717, 1.165) is 37.8 Å². The van der Waals surface area contributed by atoms with Crippen LogP contribution in [0.3, 0.4) is 0 Å². The summed E-state index contributed by atoms with van der Waals surface area (Å²) in [6.45, 7) is 2.81. The molecular weight excluding hydrogens is 421 g/mol. The molecule has 0 radical (unpaired) electrons. The monoisotopic (exact) mass is 449 g/mol. The molecule has 2 aromatic rings. The van der Waals surface area contributed by atoms with E-state index >= 15 is 0 Å². The first kappa shape index (κ1) is 22.0. The van der Waals surface area contributed by atoms with E-state index in [1.807, 2.05) is 12.1 Å². The summed E-state index contributed by atoms with van der Waals surface area (Å²) >= 11 is 0. The topological polar surface area (TPSA) is 82.9 Å². The summed E-state index contributed by atoms with van der Waals surface area (Å²) in [6.07, 6.45) is 4.75. The van der Waals surface area contributed by atoms with Gasteiger partial charge in [-0.25, -0.2) is 12.8 Å². The Labute approximate surface area is 182 Å². The molecule has 2 saturated heterocycles. The van der Waals surface area contributed by atoms with Gasteiger partial charge in [-0.15, -0.1) is 0 Å². The van der Waals surface area contributed by atoms with Gasteiger partial charge >= 0.3 is 0 Å². The van der Waals surface area contributed by atoms with Crippen molar-refractivity contribution < 1.29 is 22.0 Å². The number of piperidine rings is 1. The molecule has 1 amide bonds. The summed E-state index contributed by atoms with van der Waals surface area (Å²) in [5.74, 6) is -0.247. The molecule has 0 bridgehead atoms. The van der Waals surface area contributed by atoms with Gasteiger partial charge in [0.2, 0.25) is 15.9 Å². The normalized spacial score (nSPS) is 20.0. The summed E-state index contributed by atoms with van der Waals surface area (Å²) < 4.78 is 46.3. The fraction of sp³-hybridized carbons (Fsp3) is 0.500. The number of amides is 1. The second kappa shape index (κ2) is 9.50. The molecule has 1 aromatic heterocycles. The van der Waals surface area contributed by atoms with Crippen LogP contribution in [-0.4, -0.2) is 56.3 Å². The second-order valence-electron chi connectivity index (χ2n) is 8.13. The Morgan fingerprint density at radius 1 is 1.10 bits per heavy atom. The SMILES string of the molecule is O=C(NCC(c1ccco1)N1CCCC1)C1CCN(S(=O)(=O)c2ccccc2F)CC1. The molecule has 2 aliphatic heterocycles. The molecule has 0 aliphatic carbocycles. The van der Waals surface area contributed by atoms with Crippen molar-refractivity contribution >= 4 is 15.9 Å². The predicted octanol–water partition coefficient (Wildman–Crippen LogP) is 2.77. The minimum atomic E-state index is -3.90. The zero-order valence-corrected chi connectivity index (χ0v) is 18.2. The first-order valence-electron chi connectivity index (χ1n) is 10.8. The van der Waals surface area contributed by atoms with Crippen LogP contribution < -0.4 is 5.32 Å². The summed E-state index contributed by atoms with van der Waals surface area (Å²) in [4.78, 5) is 14.8. The van der Waals surface area contributed by atoms with E-state index in [0.29, 0.717) is 19.4 Å². The van der Waals surface area contributed by atoms with Crippen molar-refractivity contribution in [3.63, 3.8) is 0 Å². The molecule has 1 N–H and O–H groups in total. The predicted molar refractivity (Wildman–Crippen MR) is 113 cm³/mol. The average Bonchev–Trinajstić information content (AvgIpc) is 3.49. The molecular formula is C22H28FN3O4S. The number of likely N-dealkylation sites (tertiary alicyclic amines) is 1. The van der Waals surface area contributed by atoms with E-state index in [9.17, 15) is 17.6 Å². The molecule has 1 atom stereocenters. The Hall–Kier alpha value is -2.23. The van der Waals surface area contributed by atoms with Gasteiger partial charge in [0.25, 0.3) is 0 Å². The van der Waals surface area contributed by atoms with Crippen molar-refractivity contribution in [2.24, 2.45) is 5.92 Å². The highest BCUT2D eigenvalue weighted by atomic mass is 32.2. The van der Waals surface area contributed by atoms with Crippen LogP contribution >= 0.6 is 0 Å². The van der Waals surface area contributed by atoms with Crippen LogP contribution in [0.2, 0.25) is 0 Å². The van der Waals surface area contributed by atoms with Crippen LogP contribution in [0.4, 0.5) is 4.39 Å². The van der Waals surface area contributed by atoms with E-state index in [4.69, 9.17) is 4.42 Å². The number of rotatable bonds is 7. The lowest BCUT2D eigenvalue weighted by molar-refractivity contribution is -0.126. The van der Waals surface area contributed by atoms with Crippen molar-refractivity contribution in [2.45, 2.75) is 36.6 Å². The lowest BCUT2D eigenvalue weighted by atomic mass is 9.97. The zero-order chi connectivity index (χ0) is 21.8. The van der Waals surface area contributed by atoms with E-state index in [2.05, 4.69) is 10.2 Å². The third-order valence-corrected chi connectivity index (χ3v) is 8.13. The van der Waals surface area contributed by atoms with Gasteiger partial charge in [-0.1, -0.05) is 12.1 Å². The van der Waals surface area contributed by atoms with Crippen molar-refractivity contribution in [3.8, 4) is 0 Å². The lowest BCUT2D eigenvalue weighted by Gasteiger charge is -2.31. The maximum Gasteiger partial charge on any atom is 0.245 e. The molecule has 0 spiro atoms. The zero-order valence-electron chi connectivity index (χ0n) is 17.4. The Balaban J connectivity index is 1.33. The van der Waals surface area contributed by atoms with Gasteiger partial charge < -0.3 is 9.73 Å². The summed E-state index contributed by atoms with van der Waals surface area (Å²) in [7, 11) is -3.90. The molecule has 3 heterocycles. The van der Waals surface area contributed by atoms with Gasteiger partial charge in [0.1, 0.15) is 16.5 Å².